The molecule has 1 atom stereocenters. The number of hydrazone groups is 1. The van der Waals surface area contributed by atoms with Gasteiger partial charge in [0.15, 0.2) is 0 Å². The van der Waals surface area contributed by atoms with Crippen molar-refractivity contribution in [3.05, 3.63) is 105 Å². The molecule has 0 saturated carbocycles. The predicted molar refractivity (Wildman–Crippen MR) is 130 cm³/mol. The van der Waals surface area contributed by atoms with Gasteiger partial charge in [0.2, 0.25) is 0 Å². The van der Waals surface area contributed by atoms with Crippen LogP contribution in [0.4, 0.5) is 5.69 Å². The molecular formula is C24H21ClN4O3S. The van der Waals surface area contributed by atoms with Gasteiger partial charge in [-0.3, -0.25) is 24.6 Å². The first-order valence-electron chi connectivity index (χ1n) is 10.2. The van der Waals surface area contributed by atoms with E-state index in [1.165, 1.54) is 6.07 Å². The van der Waals surface area contributed by atoms with E-state index in [9.17, 15) is 14.9 Å². The van der Waals surface area contributed by atoms with Gasteiger partial charge in [0.1, 0.15) is 11.4 Å². The number of carbonyl (C=O) groups is 1. The number of hydrogen-bond donors (Lipinski definition) is 1. The number of hydrogen-bond acceptors (Lipinski definition) is 6. The van der Waals surface area contributed by atoms with Crippen molar-refractivity contribution in [1.82, 2.24) is 9.73 Å². The van der Waals surface area contributed by atoms with Crippen molar-refractivity contribution in [2.45, 2.75) is 17.2 Å². The standard InChI is InChI=1S/C24H21ClN4O3S/c1-24(18-7-3-2-4-8-18)16-28(26-23(24)17-11-13-19(25)14-12-17)15-22(30)27-33-21-10-6-5-9-20(21)29(31)32/h2-14H,15-16H2,1H3,(H,27,30). The minimum atomic E-state index is -0.469. The lowest BCUT2D eigenvalue weighted by molar-refractivity contribution is -0.387. The summed E-state index contributed by atoms with van der Waals surface area (Å²) in [5.41, 5.74) is 2.40. The van der Waals surface area contributed by atoms with Gasteiger partial charge < -0.3 is 0 Å². The van der Waals surface area contributed by atoms with E-state index >= 15 is 0 Å². The molecule has 1 aliphatic rings. The summed E-state index contributed by atoms with van der Waals surface area (Å²) in [5.74, 6) is -0.297. The van der Waals surface area contributed by atoms with Crippen molar-refractivity contribution in [2.75, 3.05) is 13.1 Å². The zero-order valence-corrected chi connectivity index (χ0v) is 19.3. The van der Waals surface area contributed by atoms with E-state index in [0.717, 1.165) is 28.8 Å². The van der Waals surface area contributed by atoms with Crippen molar-refractivity contribution < 1.29 is 9.72 Å². The summed E-state index contributed by atoms with van der Waals surface area (Å²) in [6.45, 7) is 2.64. The van der Waals surface area contributed by atoms with Crippen LogP contribution in [0.5, 0.6) is 0 Å². The molecule has 9 heteroatoms. The molecule has 3 aromatic rings. The Kier molecular flexibility index (Phi) is 6.67. The molecule has 1 unspecified atom stereocenters. The Bertz CT molecular complexity index is 1200. The SMILES string of the molecule is CC1(c2ccccc2)CN(CC(=O)NSc2ccccc2[N+](=O)[O-])N=C1c1ccc(Cl)cc1. The smallest absolute Gasteiger partial charge is 0.284 e. The van der Waals surface area contributed by atoms with E-state index in [0.29, 0.717) is 16.5 Å². The normalized spacial score (nSPS) is 17.5. The first-order valence-corrected chi connectivity index (χ1v) is 11.4. The van der Waals surface area contributed by atoms with Crippen molar-refractivity contribution in [2.24, 2.45) is 5.10 Å². The summed E-state index contributed by atoms with van der Waals surface area (Å²) in [5, 5.41) is 18.3. The molecule has 0 spiro atoms. The Morgan fingerprint density at radius 2 is 1.79 bits per heavy atom. The first kappa shape index (κ1) is 22.8. The van der Waals surface area contributed by atoms with Crippen LogP contribution in [0, 0.1) is 10.1 Å². The Balaban J connectivity index is 1.53. The van der Waals surface area contributed by atoms with Gasteiger partial charge >= 0.3 is 0 Å². The minimum Gasteiger partial charge on any atom is -0.294 e. The van der Waals surface area contributed by atoms with E-state index < -0.39 is 10.3 Å². The first-order chi connectivity index (χ1) is 15.9. The molecule has 0 saturated heterocycles. The molecular weight excluding hydrogens is 460 g/mol. The fourth-order valence-electron chi connectivity index (χ4n) is 3.84. The molecule has 0 aromatic heterocycles. The number of amides is 1. The summed E-state index contributed by atoms with van der Waals surface area (Å²) in [7, 11) is 0. The van der Waals surface area contributed by atoms with Crippen LogP contribution in [0.3, 0.4) is 0 Å². The molecule has 7 nitrogen and oxygen atoms in total. The second-order valence-corrected chi connectivity index (χ2v) is 9.11. The number of carbonyl (C=O) groups excluding carboxylic acids is 1. The molecule has 1 N–H and O–H groups in total. The van der Waals surface area contributed by atoms with E-state index in [2.05, 4.69) is 23.8 Å². The number of para-hydroxylation sites is 1. The van der Waals surface area contributed by atoms with Crippen LogP contribution in [0.25, 0.3) is 0 Å². The third-order valence-electron chi connectivity index (χ3n) is 5.45. The molecule has 0 radical (unpaired) electrons. The molecule has 0 bridgehead atoms. The van der Waals surface area contributed by atoms with E-state index in [1.807, 2.05) is 42.5 Å². The highest BCUT2D eigenvalue weighted by molar-refractivity contribution is 7.98. The number of rotatable bonds is 7. The van der Waals surface area contributed by atoms with Gasteiger partial charge in [-0.2, -0.15) is 5.10 Å². The van der Waals surface area contributed by atoms with Gasteiger partial charge in [-0.25, -0.2) is 0 Å². The van der Waals surface area contributed by atoms with Crippen LogP contribution in [-0.4, -0.2) is 34.6 Å². The van der Waals surface area contributed by atoms with Gasteiger partial charge in [-0.15, -0.1) is 0 Å². The average molecular weight is 481 g/mol. The van der Waals surface area contributed by atoms with Gasteiger partial charge in [-0.1, -0.05) is 66.2 Å². The Hall–Kier alpha value is -3.36. The maximum atomic E-state index is 12.7. The molecule has 0 fully saturated rings. The van der Waals surface area contributed by atoms with Crippen LogP contribution in [0.2, 0.25) is 5.02 Å². The van der Waals surface area contributed by atoms with Gasteiger partial charge in [0.25, 0.3) is 11.6 Å². The van der Waals surface area contributed by atoms with Gasteiger partial charge in [0, 0.05) is 11.1 Å². The largest absolute Gasteiger partial charge is 0.294 e. The maximum absolute atomic E-state index is 12.7. The zero-order chi connectivity index (χ0) is 23.4. The minimum absolute atomic E-state index is 0.0210. The molecule has 1 aliphatic heterocycles. The monoisotopic (exact) mass is 480 g/mol. The Morgan fingerprint density at radius 1 is 1.12 bits per heavy atom. The fourth-order valence-corrected chi connectivity index (χ4v) is 4.65. The molecule has 1 heterocycles. The number of nitro groups is 1. The lowest BCUT2D eigenvalue weighted by Crippen LogP contribution is -2.38. The van der Waals surface area contributed by atoms with E-state index in [1.54, 1.807) is 23.2 Å². The third-order valence-corrected chi connectivity index (χ3v) is 6.60. The van der Waals surface area contributed by atoms with Crippen LogP contribution < -0.4 is 4.72 Å². The number of nitrogens with zero attached hydrogens (tertiary/aromatic N) is 3. The quantitative estimate of drug-likeness (QED) is 0.290. The summed E-state index contributed by atoms with van der Waals surface area (Å²) < 4.78 is 2.70. The Morgan fingerprint density at radius 3 is 2.48 bits per heavy atom. The fraction of sp³-hybridized carbons (Fsp3) is 0.167. The number of halogens is 1. The number of nitrogens with one attached hydrogen (secondary N) is 1. The summed E-state index contributed by atoms with van der Waals surface area (Å²) in [6, 6.07) is 23.8. The highest BCUT2D eigenvalue weighted by Gasteiger charge is 2.41. The molecule has 3 aromatic carbocycles. The van der Waals surface area contributed by atoms with Crippen LogP contribution in [0.1, 0.15) is 18.1 Å². The second-order valence-electron chi connectivity index (χ2n) is 7.83. The lowest BCUT2D eigenvalue weighted by Gasteiger charge is -2.27. The molecule has 1 amide bonds. The van der Waals surface area contributed by atoms with Crippen molar-refractivity contribution in [3.8, 4) is 0 Å². The number of benzene rings is 3. The highest BCUT2D eigenvalue weighted by Crippen LogP contribution is 2.35. The summed E-state index contributed by atoms with van der Waals surface area (Å²) in [4.78, 5) is 23.7. The summed E-state index contributed by atoms with van der Waals surface area (Å²) >= 11 is 7.00. The van der Waals surface area contributed by atoms with E-state index in [-0.39, 0.29) is 18.1 Å². The second kappa shape index (κ2) is 9.64. The average Bonchev–Trinajstić information content (AvgIpc) is 3.16. The molecule has 168 valence electrons. The third kappa shape index (κ3) is 5.02. The molecule has 33 heavy (non-hydrogen) atoms. The van der Waals surface area contributed by atoms with Crippen LogP contribution in [-0.2, 0) is 10.2 Å². The molecule has 4 rings (SSSR count). The molecule has 0 aliphatic carbocycles. The van der Waals surface area contributed by atoms with Crippen molar-refractivity contribution in [3.63, 3.8) is 0 Å². The lowest BCUT2D eigenvalue weighted by atomic mass is 9.76. The van der Waals surface area contributed by atoms with Gasteiger partial charge in [-0.05, 0) is 48.2 Å². The highest BCUT2D eigenvalue weighted by atomic mass is 35.5. The van der Waals surface area contributed by atoms with Gasteiger partial charge in [0.05, 0.1) is 22.6 Å². The zero-order valence-electron chi connectivity index (χ0n) is 17.8. The predicted octanol–water partition coefficient (Wildman–Crippen LogP) is 5.05. The summed E-state index contributed by atoms with van der Waals surface area (Å²) in [6.07, 6.45) is 0. The Labute approximate surface area is 200 Å². The topological polar surface area (TPSA) is 87.8 Å². The maximum Gasteiger partial charge on any atom is 0.284 e. The van der Waals surface area contributed by atoms with Crippen LogP contribution >= 0.6 is 23.5 Å². The number of nitro benzene ring substituents is 1. The van der Waals surface area contributed by atoms with E-state index in [4.69, 9.17) is 16.7 Å². The van der Waals surface area contributed by atoms with Crippen molar-refractivity contribution >= 4 is 40.9 Å². The van der Waals surface area contributed by atoms with Crippen LogP contribution in [0.15, 0.2) is 88.9 Å². The van der Waals surface area contributed by atoms with Crippen molar-refractivity contribution in [1.29, 1.82) is 0 Å².